The summed E-state index contributed by atoms with van der Waals surface area (Å²) in [5.74, 6) is -13.7. The summed E-state index contributed by atoms with van der Waals surface area (Å²) >= 11 is 0. The van der Waals surface area contributed by atoms with E-state index in [0.717, 1.165) is 22.0 Å². The van der Waals surface area contributed by atoms with Crippen LogP contribution in [0.1, 0.15) is 64.0 Å². The van der Waals surface area contributed by atoms with Crippen LogP contribution >= 0.6 is 0 Å². The number of H-pyrrole nitrogens is 1. The Labute approximate surface area is 477 Å². The number of primary amides is 1. The van der Waals surface area contributed by atoms with E-state index >= 15 is 4.21 Å². The minimum atomic E-state index is -2.52. The molecule has 1 unspecified atom stereocenters. The number of nitrogens with zero attached hydrogens (tertiary/aromatic N) is 4. The van der Waals surface area contributed by atoms with Gasteiger partial charge in [-0.1, -0.05) is 27.2 Å². The molecule has 0 radical (unpaired) electrons. The number of hydrogen-bond acceptors (Lipinski definition) is 18. The van der Waals surface area contributed by atoms with Crippen LogP contribution in [-0.2, 0) is 81.3 Å². The normalized spacial score (nSPS) is 26.9. The number of carbonyl (C=O) groups excluding carboxylic acids is 12. The van der Waals surface area contributed by atoms with Crippen molar-refractivity contribution in [3.05, 3.63) is 35.4 Å². The lowest BCUT2D eigenvalue weighted by Crippen LogP contribution is -2.62. The van der Waals surface area contributed by atoms with Crippen molar-refractivity contribution in [1.29, 1.82) is 0 Å². The highest BCUT2D eigenvalue weighted by Crippen LogP contribution is 2.35. The Morgan fingerprint density at radius 1 is 0.807 bits per heavy atom. The first-order valence-corrected chi connectivity index (χ1v) is 28.6. The van der Waals surface area contributed by atoms with Crippen LogP contribution in [0.2, 0.25) is 0 Å². The zero-order valence-electron chi connectivity index (χ0n) is 46.0. The van der Waals surface area contributed by atoms with Gasteiger partial charge in [0, 0.05) is 94.1 Å². The number of imide groups is 1. The van der Waals surface area contributed by atoms with Gasteiger partial charge in [-0.3, -0.25) is 71.5 Å². The zero-order valence-corrected chi connectivity index (χ0v) is 46.8. The number of piperazine rings is 1. The number of amides is 12. The van der Waals surface area contributed by atoms with Crippen LogP contribution in [0.4, 0.5) is 0 Å². The summed E-state index contributed by atoms with van der Waals surface area (Å²) in [4.78, 5) is 172. The molecule has 1 aromatic heterocycles. The lowest BCUT2D eigenvalue weighted by Gasteiger charge is -2.35. The van der Waals surface area contributed by atoms with E-state index in [1.807, 2.05) is 4.90 Å². The third-order valence-electron chi connectivity index (χ3n) is 15.6. The molecule has 2 bridgehead atoms. The van der Waals surface area contributed by atoms with Crippen LogP contribution in [0.15, 0.2) is 29.3 Å². The maximum Gasteiger partial charge on any atom is 0.253 e. The number of hydrogen-bond donors (Lipinski definition) is 13. The molecule has 14 N–H and O–H groups in total. The fourth-order valence-electron chi connectivity index (χ4n) is 10.6. The highest BCUT2D eigenvalue weighted by Gasteiger charge is 2.45. The second-order valence-electron chi connectivity index (χ2n) is 21.3. The fourth-order valence-corrected chi connectivity index (χ4v) is 12.0. The Morgan fingerprint density at radius 3 is 2.12 bits per heavy atom. The van der Waals surface area contributed by atoms with Gasteiger partial charge in [0.25, 0.3) is 11.8 Å². The first kappa shape index (κ1) is 62.7. The third-order valence-corrected chi connectivity index (χ3v) is 17.0. The van der Waals surface area contributed by atoms with Crippen molar-refractivity contribution >= 4 is 92.6 Å². The molecule has 12 amide bonds. The predicted molar refractivity (Wildman–Crippen MR) is 289 cm³/mol. The summed E-state index contributed by atoms with van der Waals surface area (Å²) in [6, 6.07) is -7.61. The number of rotatable bonds is 13. The number of carbonyl (C=O) groups is 12. The van der Waals surface area contributed by atoms with Crippen molar-refractivity contribution < 1.29 is 82.2 Å². The number of aromatic amines is 1. The van der Waals surface area contributed by atoms with Gasteiger partial charge in [0.05, 0.1) is 60.4 Å². The van der Waals surface area contributed by atoms with Crippen molar-refractivity contribution in [2.75, 3.05) is 64.7 Å². The molecule has 30 nitrogen and oxygen atoms in total. The number of aromatic nitrogens is 1. The highest BCUT2D eigenvalue weighted by atomic mass is 32.2. The molecule has 31 heteroatoms. The number of benzene rings is 1. The highest BCUT2D eigenvalue weighted by molar-refractivity contribution is 7.85. The number of aliphatic hydroxyl groups excluding tert-OH is 3. The maximum atomic E-state index is 15.3. The standard InChI is InChI=1S/C52H71N13O17S/c1-4-25(2)43-49(79)55-19-38(71)56-33-24-83(82)51-29(28-7-8-35(68)30(45(28)61-51)22-62-12-14-63(15-13-62)40(73)6-5-11-64-41(74)9-10-42(64)75)17-31(46(76)54-20-39(72)59-43)57-50(80)44(26(3)36(69)23-66)60-48(78)34-16-27(67)21-65(34)52(81)32(18-37(53)70)58-47(33)77/h7-10,25-27,31-34,36,43-44,61,66-69H,4-6,11-24H2,1-3H3,(H2,53,70)(H,54,76)(H,55,79)(H,56,71)(H,57,80)(H,58,77)(H,59,72)(H,60,78)/t25-,26+,27+,31+,32-,33+,34-,36+,43-,44-,83?/m0/s1. The molecule has 83 heavy (non-hydrogen) atoms. The zero-order chi connectivity index (χ0) is 60.6. The molecule has 1 aromatic carbocycles. The van der Waals surface area contributed by atoms with Crippen LogP contribution in [0.3, 0.4) is 0 Å². The number of nitrogens with two attached hydrogens (primary N) is 1. The monoisotopic (exact) mass is 1180 g/mol. The van der Waals surface area contributed by atoms with E-state index in [4.69, 9.17) is 5.73 Å². The maximum absolute atomic E-state index is 15.3. The van der Waals surface area contributed by atoms with Crippen LogP contribution in [-0.4, -0.2) is 233 Å². The van der Waals surface area contributed by atoms with Crippen LogP contribution in [0, 0.1) is 11.8 Å². The van der Waals surface area contributed by atoms with Gasteiger partial charge in [0.2, 0.25) is 59.1 Å². The minimum absolute atomic E-state index is 0.000395. The molecule has 5 aliphatic heterocycles. The molecule has 6 heterocycles. The molecule has 7 rings (SSSR count). The molecule has 0 aliphatic carbocycles. The Bertz CT molecular complexity index is 2950. The predicted octanol–water partition coefficient (Wildman–Crippen LogP) is -6.57. The van der Waals surface area contributed by atoms with E-state index < -0.39 is 187 Å². The van der Waals surface area contributed by atoms with E-state index in [1.165, 1.54) is 19.1 Å². The number of nitrogens with one attached hydrogen (secondary N) is 8. The molecular weight excluding hydrogens is 1110 g/mol. The Hall–Kier alpha value is -7.87. The number of aliphatic hydroxyl groups is 3. The molecule has 11 atom stereocenters. The van der Waals surface area contributed by atoms with Gasteiger partial charge >= 0.3 is 0 Å². The van der Waals surface area contributed by atoms with Crippen molar-refractivity contribution in [2.45, 2.75) is 119 Å². The second kappa shape index (κ2) is 27.5. The van der Waals surface area contributed by atoms with Crippen molar-refractivity contribution in [3.8, 4) is 5.75 Å². The Morgan fingerprint density at radius 2 is 1.47 bits per heavy atom. The van der Waals surface area contributed by atoms with Gasteiger partial charge in [-0.15, -0.1) is 0 Å². The summed E-state index contributed by atoms with van der Waals surface area (Å²) < 4.78 is 15.3. The topological polar surface area (TPSA) is 442 Å². The molecule has 2 fully saturated rings. The minimum Gasteiger partial charge on any atom is -0.508 e. The fraction of sp³-hybridized carbons (Fsp3) is 0.577. The van der Waals surface area contributed by atoms with Crippen molar-refractivity contribution in [3.63, 3.8) is 0 Å². The molecule has 0 spiro atoms. The third kappa shape index (κ3) is 15.0. The van der Waals surface area contributed by atoms with E-state index in [0.29, 0.717) is 6.42 Å². The number of aromatic hydroxyl groups is 1. The average Bonchev–Trinajstić information content (AvgIpc) is 4.28. The molecule has 5 aliphatic rings. The SMILES string of the molecule is CC[C@H](C)[C@@H]1NC(=O)CNC(=O)[C@H]2Cc3c([nH]c4c(CN5CCN(C(=O)CCCN6C(=O)C=CC6=O)CC5)c(O)ccc34)S(=O)C[C@@H](NC(=O)CNC1=O)C(=O)N[C@@H](CC(N)=O)C(=O)N1C[C@H](O)C[C@H]1C(=O)N[C@@H]([C@H](C)[C@H](O)CO)C(=O)N2. The summed E-state index contributed by atoms with van der Waals surface area (Å²) in [6.45, 7) is 2.68. The van der Waals surface area contributed by atoms with Gasteiger partial charge in [-0.25, -0.2) is 0 Å². The quantitative estimate of drug-likeness (QED) is 0.0830. The summed E-state index contributed by atoms with van der Waals surface area (Å²) in [5, 5.41) is 60.7. The van der Waals surface area contributed by atoms with Crippen molar-refractivity contribution in [2.24, 2.45) is 17.6 Å². The molecule has 2 saturated heterocycles. The largest absolute Gasteiger partial charge is 0.508 e. The first-order chi connectivity index (χ1) is 39.4. The Balaban J connectivity index is 1.33. The molecule has 452 valence electrons. The van der Waals surface area contributed by atoms with Gasteiger partial charge in [0.1, 0.15) is 47.0 Å². The van der Waals surface area contributed by atoms with Gasteiger partial charge in [0.15, 0.2) is 0 Å². The molecule has 0 saturated carbocycles. The van der Waals surface area contributed by atoms with Crippen LogP contribution < -0.4 is 43.0 Å². The average molecular weight is 1180 g/mol. The summed E-state index contributed by atoms with van der Waals surface area (Å²) in [6.07, 6.45) is -2.10. The van der Waals surface area contributed by atoms with Crippen LogP contribution in [0.25, 0.3) is 10.9 Å². The first-order valence-electron chi connectivity index (χ1n) is 27.3. The van der Waals surface area contributed by atoms with Gasteiger partial charge in [-0.2, -0.15) is 0 Å². The summed E-state index contributed by atoms with van der Waals surface area (Å²) in [7, 11) is -2.52. The van der Waals surface area contributed by atoms with Crippen LogP contribution in [0.5, 0.6) is 5.75 Å². The number of fused-ring (bicyclic) bond motifs is 5. The van der Waals surface area contributed by atoms with E-state index in [-0.39, 0.29) is 90.8 Å². The van der Waals surface area contributed by atoms with Gasteiger partial charge in [-0.05, 0) is 30.0 Å². The number of phenols is 1. The Kier molecular flexibility index (Phi) is 20.8. The molecule has 2 aromatic rings. The number of phenolic OH excluding ortho intramolecular Hbond substituents is 1. The lowest BCUT2D eigenvalue weighted by atomic mass is 9.93. The van der Waals surface area contributed by atoms with E-state index in [2.05, 4.69) is 42.2 Å². The summed E-state index contributed by atoms with van der Waals surface area (Å²) in [5.41, 5.74) is 5.96. The lowest BCUT2D eigenvalue weighted by molar-refractivity contribution is -0.144. The van der Waals surface area contributed by atoms with Crippen molar-refractivity contribution in [1.82, 2.24) is 61.8 Å². The van der Waals surface area contributed by atoms with Gasteiger partial charge < -0.3 is 78.2 Å². The van der Waals surface area contributed by atoms with E-state index in [9.17, 15) is 78.0 Å². The second-order valence-corrected chi connectivity index (χ2v) is 22.8. The molecular formula is C52H71N13O17S. The van der Waals surface area contributed by atoms with E-state index in [1.54, 1.807) is 18.7 Å². The smallest absolute Gasteiger partial charge is 0.253 e.